The molecule has 0 aliphatic heterocycles. The third-order valence-corrected chi connectivity index (χ3v) is 7.69. The van der Waals surface area contributed by atoms with E-state index >= 15 is 0 Å². The molecule has 0 aliphatic rings. The molecule has 10 rings (SSSR count). The number of nitrogens with one attached hydrogen (secondary N) is 1. The van der Waals surface area contributed by atoms with E-state index in [1.54, 1.807) is 49.4 Å². The van der Waals surface area contributed by atoms with E-state index in [1.165, 1.54) is 84.0 Å². The van der Waals surface area contributed by atoms with Crippen molar-refractivity contribution in [1.82, 2.24) is 92.5 Å². The Morgan fingerprint density at radius 2 is 1.05 bits per heavy atom. The van der Waals surface area contributed by atoms with E-state index in [0.717, 1.165) is 69.5 Å². The summed E-state index contributed by atoms with van der Waals surface area (Å²) in [4.78, 5) is 3.56. The number of rotatable bonds is 3. The van der Waals surface area contributed by atoms with Crippen molar-refractivity contribution in [2.45, 2.75) is 205 Å². The molecule has 10 aromatic heterocycles. The summed E-state index contributed by atoms with van der Waals surface area (Å²) >= 11 is 6.54. The predicted octanol–water partition coefficient (Wildman–Crippen LogP) is 19.0. The Hall–Kier alpha value is -6.36. The zero-order valence-electron chi connectivity index (χ0n) is 57.5. The second-order valence-corrected chi connectivity index (χ2v) is 25.6. The average molecular weight is 1310 g/mol. The van der Waals surface area contributed by atoms with Gasteiger partial charge in [-0.2, -0.15) is 18.2 Å². The van der Waals surface area contributed by atoms with Crippen molar-refractivity contribution in [2.75, 3.05) is 0 Å². The van der Waals surface area contributed by atoms with Gasteiger partial charge in [0.1, 0.15) is 29.5 Å². The maximum Gasteiger partial charge on any atom is 0.180 e. The second kappa shape index (κ2) is 77.7. The minimum absolute atomic E-state index is 0.418. The SMILES string of the molecule is CC(C)C.CC(C)C.CC(C)C.CC(C)C.CC(C)C.CC(C)C.CC(C)C.CC(C)c1cnon1.CC(C)c1cnsn1.CC(C)c1nnns1.c1cn[nH]c1.c1cnoc1.c1cnsc1.c1cocn1.c1conn1.c1csnn1.c1nnsn1. The first-order valence-corrected chi connectivity index (χ1v) is 32.6. The van der Waals surface area contributed by atoms with Gasteiger partial charge in [-0.3, -0.25) is 5.10 Å². The van der Waals surface area contributed by atoms with Crippen LogP contribution in [-0.4, -0.2) is 92.5 Å². The van der Waals surface area contributed by atoms with Crippen molar-refractivity contribution >= 4 is 58.1 Å². The molecule has 0 aliphatic carbocycles. The van der Waals surface area contributed by atoms with Crippen molar-refractivity contribution in [1.29, 1.82) is 0 Å². The lowest BCUT2D eigenvalue weighted by molar-refractivity contribution is 0.302. The van der Waals surface area contributed by atoms with Crippen LogP contribution in [0.1, 0.15) is 221 Å². The molecule has 0 aromatic carbocycles. The van der Waals surface area contributed by atoms with E-state index in [0.29, 0.717) is 17.8 Å². The summed E-state index contributed by atoms with van der Waals surface area (Å²) in [6.45, 7) is 57.9. The highest BCUT2D eigenvalue weighted by molar-refractivity contribution is 7.05. The smallest absolute Gasteiger partial charge is 0.180 e. The molecular formula is C59H111N19O4S5. The molecule has 10 heterocycles. The zero-order chi connectivity index (χ0) is 67.7. The first kappa shape index (κ1) is 94.3. The molecule has 28 heteroatoms. The number of H-pyrrole nitrogens is 1. The topological polar surface area (TPSA) is 300 Å². The molecule has 0 saturated carbocycles. The second-order valence-electron chi connectivity index (χ2n) is 22.4. The maximum atomic E-state index is 4.47. The van der Waals surface area contributed by atoms with Gasteiger partial charge in [0.25, 0.3) is 0 Å². The van der Waals surface area contributed by atoms with Crippen molar-refractivity contribution in [2.24, 2.45) is 41.4 Å². The van der Waals surface area contributed by atoms with Crippen molar-refractivity contribution in [3.05, 3.63) is 133 Å². The standard InChI is InChI=1S/C5H8N2O.C5H8N2S.C4H7N3S.7C4H10.C3H4N2.2C3H3NO.C3H3NS.C2H2N2O.C2H2N2S.CHN3S/c2*1-4(2)5-3-6-8-7-5;1-3(2)4-5-6-7-8-4;7*1-4(2)3;1-2-4-5-3-1;1-2-5-3-4-1;2*1-2-4-5-3-1;2*1-2-5-4-3-1;1-2-4-5-3-1/h2*3-4H,1-2H3;3H,1-2H3;7*4H,1-3H3;1-3H,(H,4,5);3*1-3H;2*1-2H;1H. The summed E-state index contributed by atoms with van der Waals surface area (Å²) in [5.41, 5.74) is 2.00. The van der Waals surface area contributed by atoms with Crippen molar-refractivity contribution < 1.29 is 18.1 Å². The Morgan fingerprint density at radius 3 is 1.20 bits per heavy atom. The maximum absolute atomic E-state index is 4.47. The molecular weight excluding hydrogens is 1200 g/mol. The highest BCUT2D eigenvalue weighted by Crippen LogP contribution is 2.12. The lowest BCUT2D eigenvalue weighted by atomic mass is 10.2. The third kappa shape index (κ3) is 126. The van der Waals surface area contributed by atoms with Crippen LogP contribution in [0.3, 0.4) is 0 Å². The quantitative estimate of drug-likeness (QED) is 0.172. The molecule has 0 saturated heterocycles. The molecule has 0 fully saturated rings. The van der Waals surface area contributed by atoms with Gasteiger partial charge < -0.3 is 13.5 Å². The molecule has 10 aromatic rings. The Kier molecular flexibility index (Phi) is 84.2. The molecule has 0 amide bonds. The first-order chi connectivity index (χ1) is 41.0. The van der Waals surface area contributed by atoms with Crippen molar-refractivity contribution in [3.8, 4) is 0 Å². The van der Waals surface area contributed by atoms with Crippen LogP contribution in [0.4, 0.5) is 0 Å². The Labute approximate surface area is 544 Å². The number of nitrogens with zero attached hydrogens (tertiary/aromatic N) is 18. The molecule has 0 unspecified atom stereocenters. The van der Waals surface area contributed by atoms with E-state index in [9.17, 15) is 0 Å². The lowest BCUT2D eigenvalue weighted by Crippen LogP contribution is -1.84. The third-order valence-electron chi connectivity index (χ3n) is 4.99. The Morgan fingerprint density at radius 1 is 0.448 bits per heavy atom. The summed E-state index contributed by atoms with van der Waals surface area (Å²) in [5, 5.41) is 41.9. The molecule has 87 heavy (non-hydrogen) atoms. The van der Waals surface area contributed by atoms with Crippen LogP contribution in [0.2, 0.25) is 0 Å². The molecule has 0 atom stereocenters. The fourth-order valence-corrected chi connectivity index (χ4v) is 4.16. The van der Waals surface area contributed by atoms with E-state index in [-0.39, 0.29) is 0 Å². The lowest BCUT2D eigenvalue weighted by Gasteiger charge is -1.92. The van der Waals surface area contributed by atoms with Gasteiger partial charge in [0.15, 0.2) is 12.7 Å². The van der Waals surface area contributed by atoms with Crippen LogP contribution in [0.25, 0.3) is 0 Å². The van der Waals surface area contributed by atoms with Gasteiger partial charge in [0.2, 0.25) is 0 Å². The molecule has 0 radical (unpaired) electrons. The van der Waals surface area contributed by atoms with Crippen LogP contribution < -0.4 is 0 Å². The summed E-state index contributed by atoms with van der Waals surface area (Å²) < 4.78 is 43.2. The number of aromatic nitrogens is 19. The highest BCUT2D eigenvalue weighted by atomic mass is 32.1. The van der Waals surface area contributed by atoms with Gasteiger partial charge in [-0.15, -0.1) is 20.4 Å². The fourth-order valence-electron chi connectivity index (χ4n) is 2.33. The predicted molar refractivity (Wildman–Crippen MR) is 363 cm³/mol. The van der Waals surface area contributed by atoms with Gasteiger partial charge in [0, 0.05) is 58.0 Å². The van der Waals surface area contributed by atoms with Gasteiger partial charge in [0.05, 0.1) is 66.3 Å². The van der Waals surface area contributed by atoms with Gasteiger partial charge in [-0.1, -0.05) is 216 Å². The highest BCUT2D eigenvalue weighted by Gasteiger charge is 2.02. The Balaban J connectivity index is -0.000000157. The van der Waals surface area contributed by atoms with E-state index in [2.05, 4.69) is 284 Å². The monoisotopic (exact) mass is 1310 g/mol. The molecule has 0 bridgehead atoms. The largest absolute Gasteiger partial charge is 0.452 e. The molecule has 23 nitrogen and oxygen atoms in total. The number of hydrogen-bond donors (Lipinski definition) is 1. The molecule has 0 spiro atoms. The summed E-state index contributed by atoms with van der Waals surface area (Å²) in [7, 11) is 0. The Bertz CT molecular complexity index is 1830. The molecule has 1 N–H and O–H groups in total. The van der Waals surface area contributed by atoms with Gasteiger partial charge in [-0.25, -0.2) is 14.0 Å². The van der Waals surface area contributed by atoms with Crippen molar-refractivity contribution in [3.63, 3.8) is 0 Å². The van der Waals surface area contributed by atoms with Crippen LogP contribution in [0.15, 0.2) is 134 Å². The van der Waals surface area contributed by atoms with E-state index in [1.807, 2.05) is 42.9 Å². The minimum Gasteiger partial charge on any atom is -0.452 e. The average Bonchev–Trinajstić information content (AvgIpc) is 4.35. The van der Waals surface area contributed by atoms with Gasteiger partial charge in [-0.05, 0) is 93.8 Å². The van der Waals surface area contributed by atoms with Crippen LogP contribution >= 0.6 is 58.1 Å². The summed E-state index contributed by atoms with van der Waals surface area (Å²) in [6.07, 6.45) is 22.2. The van der Waals surface area contributed by atoms with E-state index in [4.69, 9.17) is 0 Å². The van der Waals surface area contributed by atoms with Gasteiger partial charge >= 0.3 is 0 Å². The minimum atomic E-state index is 0.418. The summed E-state index contributed by atoms with van der Waals surface area (Å²) in [6, 6.07) is 5.46. The van der Waals surface area contributed by atoms with E-state index < -0.39 is 0 Å². The molecule has 496 valence electrons. The fraction of sp³-hybridized carbons (Fsp3) is 0.627. The van der Waals surface area contributed by atoms with Crippen LogP contribution in [-0.2, 0) is 0 Å². The number of aromatic amines is 1. The summed E-state index contributed by atoms with van der Waals surface area (Å²) in [5.74, 6) is 7.24. The zero-order valence-corrected chi connectivity index (χ0v) is 61.5. The first-order valence-electron chi connectivity index (χ1n) is 28.7. The van der Waals surface area contributed by atoms with Crippen LogP contribution in [0, 0.1) is 41.4 Å². The van der Waals surface area contributed by atoms with Crippen LogP contribution in [0.5, 0.6) is 0 Å². The number of oxazole rings is 1. The number of hydrogen-bond acceptors (Lipinski definition) is 27. The normalized spacial score (nSPS) is 8.98.